The third kappa shape index (κ3) is 7.64. The van der Waals surface area contributed by atoms with Crippen LogP contribution in [0.4, 0.5) is 4.39 Å². The Kier molecular flexibility index (Phi) is 9.98. The first-order valence-corrected chi connectivity index (χ1v) is 15.6. The quantitative estimate of drug-likeness (QED) is 0.0760. The van der Waals surface area contributed by atoms with Crippen molar-refractivity contribution >= 4 is 28.5 Å². The van der Waals surface area contributed by atoms with Crippen LogP contribution in [-0.4, -0.2) is 39.0 Å². The molecule has 1 aliphatic rings. The summed E-state index contributed by atoms with van der Waals surface area (Å²) in [6.45, 7) is 8.41. The first-order valence-electron chi connectivity index (χ1n) is 15.2. The van der Waals surface area contributed by atoms with Gasteiger partial charge in [0.15, 0.2) is 5.82 Å². The van der Waals surface area contributed by atoms with Gasteiger partial charge in [-0.25, -0.2) is 9.18 Å². The van der Waals surface area contributed by atoms with Crippen molar-refractivity contribution in [2.75, 3.05) is 6.54 Å². The van der Waals surface area contributed by atoms with E-state index in [0.29, 0.717) is 46.3 Å². The van der Waals surface area contributed by atoms with Gasteiger partial charge in [-0.15, -0.1) is 6.58 Å². The summed E-state index contributed by atoms with van der Waals surface area (Å²) in [5, 5.41) is 4.29. The summed E-state index contributed by atoms with van der Waals surface area (Å²) in [5.74, 6) is 0.711. The summed E-state index contributed by atoms with van der Waals surface area (Å²) < 4.78 is 16.7. The molecule has 4 aromatic rings. The molecule has 0 spiro atoms. The third-order valence-electron chi connectivity index (χ3n) is 8.34. The van der Waals surface area contributed by atoms with Crippen LogP contribution in [0.1, 0.15) is 63.1 Å². The minimum Gasteiger partial charge on any atom is -0.388 e. The number of benzene rings is 2. The van der Waals surface area contributed by atoms with Gasteiger partial charge in [0.05, 0.1) is 22.2 Å². The molecule has 0 amide bonds. The lowest BCUT2D eigenvalue weighted by molar-refractivity contribution is 0.493. The molecule has 1 fully saturated rings. The zero-order chi connectivity index (χ0) is 31.4. The second-order valence-electron chi connectivity index (χ2n) is 11.8. The number of aliphatic imine (C=N–C) groups is 1. The second-order valence-corrected chi connectivity index (χ2v) is 12.3. The lowest BCUT2D eigenvalue weighted by Crippen LogP contribution is -2.30. The number of H-pyrrole nitrogens is 1. The topological polar surface area (TPSA) is 127 Å². The van der Waals surface area contributed by atoms with Crippen LogP contribution in [0, 0.1) is 11.7 Å². The van der Waals surface area contributed by atoms with Crippen LogP contribution < -0.4 is 22.5 Å². The Morgan fingerprint density at radius 3 is 2.70 bits per heavy atom. The van der Waals surface area contributed by atoms with Gasteiger partial charge >= 0.3 is 5.69 Å². The van der Waals surface area contributed by atoms with E-state index in [4.69, 9.17) is 23.1 Å². The maximum Gasteiger partial charge on any atom is 0.354 e. The molecule has 1 unspecified atom stereocenters. The van der Waals surface area contributed by atoms with Crippen molar-refractivity contribution in [3.63, 3.8) is 0 Å². The molecule has 0 bridgehead atoms. The van der Waals surface area contributed by atoms with Gasteiger partial charge in [0, 0.05) is 41.8 Å². The highest BCUT2D eigenvalue weighted by Gasteiger charge is 2.27. The third-order valence-corrected chi connectivity index (χ3v) is 8.61. The number of aromatic amines is 1. The van der Waals surface area contributed by atoms with E-state index in [0.717, 1.165) is 36.8 Å². The number of aryl methyl sites for hydroxylation is 1. The molecule has 8 nitrogen and oxygen atoms in total. The van der Waals surface area contributed by atoms with Crippen molar-refractivity contribution in [3.05, 3.63) is 93.8 Å². The molecule has 10 heteroatoms. The lowest BCUT2D eigenvalue weighted by atomic mass is 10.00. The Morgan fingerprint density at radius 1 is 1.27 bits per heavy atom. The fourth-order valence-electron chi connectivity index (χ4n) is 5.60. The fraction of sp³-hybridized carbons (Fsp3) is 0.382. The Morgan fingerprint density at radius 2 is 2.02 bits per heavy atom. The average Bonchev–Trinajstić information content (AvgIpc) is 3.77. The lowest BCUT2D eigenvalue weighted by Gasteiger charge is -2.21. The summed E-state index contributed by atoms with van der Waals surface area (Å²) in [5.41, 5.74) is 15.4. The molecule has 6 N–H and O–H groups in total. The second kappa shape index (κ2) is 13.9. The maximum atomic E-state index is 15.2. The van der Waals surface area contributed by atoms with E-state index in [-0.39, 0.29) is 23.1 Å². The number of hydrogen-bond acceptors (Lipinski definition) is 5. The van der Waals surface area contributed by atoms with Crippen LogP contribution in [-0.2, 0) is 6.42 Å². The minimum absolute atomic E-state index is 0.0481. The van der Waals surface area contributed by atoms with Crippen LogP contribution in [0.15, 0.2) is 71.1 Å². The number of amidine groups is 1. The molecule has 2 heterocycles. The normalized spacial score (nSPS) is 15.8. The van der Waals surface area contributed by atoms with Crippen molar-refractivity contribution in [1.29, 1.82) is 0 Å². The summed E-state index contributed by atoms with van der Waals surface area (Å²) in [6, 6.07) is 13.4. The van der Waals surface area contributed by atoms with E-state index < -0.39 is 11.5 Å². The summed E-state index contributed by atoms with van der Waals surface area (Å²) in [4.78, 5) is 24.6. The van der Waals surface area contributed by atoms with Gasteiger partial charge in [0.1, 0.15) is 5.65 Å². The highest BCUT2D eigenvalue weighted by Crippen LogP contribution is 2.34. The van der Waals surface area contributed by atoms with Gasteiger partial charge in [0.25, 0.3) is 0 Å². The number of nitrogens with one attached hydrogen (secondary N) is 2. The van der Waals surface area contributed by atoms with Gasteiger partial charge in [-0.1, -0.05) is 29.8 Å². The van der Waals surface area contributed by atoms with Gasteiger partial charge in [-0.05, 0) is 99.7 Å². The SMILES string of the molecule is C=C[C@@H](CCN=C(C)N)N[C@@H](C)c1ccc(-n2cc3cc(-c4cc(CCCC(N)C5CC5)cc(Cl)c4F)[nH]c3nc2=O)cc1. The number of nitrogens with zero attached hydrogens (tertiary/aromatic N) is 3. The predicted octanol–water partition coefficient (Wildman–Crippen LogP) is 6.21. The molecule has 2 aromatic carbocycles. The number of aromatic nitrogens is 3. The molecule has 5 rings (SSSR count). The molecule has 0 aliphatic heterocycles. The van der Waals surface area contributed by atoms with Gasteiger partial charge in [-0.2, -0.15) is 4.98 Å². The smallest absolute Gasteiger partial charge is 0.354 e. The van der Waals surface area contributed by atoms with Crippen molar-refractivity contribution in [3.8, 4) is 16.9 Å². The number of rotatable bonds is 14. The van der Waals surface area contributed by atoms with Gasteiger partial charge in [0.2, 0.25) is 0 Å². The Labute approximate surface area is 262 Å². The highest BCUT2D eigenvalue weighted by molar-refractivity contribution is 6.31. The molecule has 3 atom stereocenters. The molecule has 0 saturated heterocycles. The maximum absolute atomic E-state index is 15.2. The molecule has 44 heavy (non-hydrogen) atoms. The fourth-order valence-corrected chi connectivity index (χ4v) is 5.84. The zero-order valence-corrected chi connectivity index (χ0v) is 26.1. The summed E-state index contributed by atoms with van der Waals surface area (Å²) >= 11 is 6.30. The Balaban J connectivity index is 1.32. The zero-order valence-electron chi connectivity index (χ0n) is 25.3. The average molecular weight is 618 g/mol. The number of halogens is 2. The predicted molar refractivity (Wildman–Crippen MR) is 178 cm³/mol. The van der Waals surface area contributed by atoms with Crippen molar-refractivity contribution in [2.45, 2.75) is 70.5 Å². The first-order chi connectivity index (χ1) is 21.1. The Bertz CT molecular complexity index is 1700. The molecular formula is C34H41ClFN7O. The van der Waals surface area contributed by atoms with Gasteiger partial charge in [-0.3, -0.25) is 9.56 Å². The van der Waals surface area contributed by atoms with Crippen LogP contribution in [0.25, 0.3) is 28.0 Å². The van der Waals surface area contributed by atoms with E-state index in [9.17, 15) is 4.79 Å². The molecule has 232 valence electrons. The van der Waals surface area contributed by atoms with E-state index in [2.05, 4.69) is 33.8 Å². The molecule has 2 aromatic heterocycles. The monoisotopic (exact) mass is 617 g/mol. The molecule has 0 radical (unpaired) electrons. The van der Waals surface area contributed by atoms with Crippen molar-refractivity contribution in [1.82, 2.24) is 19.9 Å². The minimum atomic E-state index is -0.508. The number of hydrogen-bond donors (Lipinski definition) is 4. The van der Waals surface area contributed by atoms with E-state index >= 15 is 4.39 Å². The van der Waals surface area contributed by atoms with Crippen LogP contribution in [0.2, 0.25) is 5.02 Å². The van der Waals surface area contributed by atoms with Crippen LogP contribution >= 0.6 is 11.6 Å². The van der Waals surface area contributed by atoms with Crippen LogP contribution in [0.5, 0.6) is 0 Å². The summed E-state index contributed by atoms with van der Waals surface area (Å²) in [7, 11) is 0. The van der Waals surface area contributed by atoms with Crippen molar-refractivity contribution < 1.29 is 4.39 Å². The number of nitrogens with two attached hydrogens (primary N) is 2. The standard InChI is InChI=1S/C34H41ClFN7O/c1-4-26(14-15-39-21(3)37)40-20(2)23-10-12-27(13-11-23)43-19-25-18-31(41-33(25)42-34(43)44)28-16-22(17-29(35)32(28)36)6-5-7-30(38)24-8-9-24/h4,10-13,16-20,24,26,30,40H,1,5-9,14-15,38H2,2-3H3,(H2,37,39)(H,41,42,44)/t20-,26-,30?/m0/s1. The highest BCUT2D eigenvalue weighted by atomic mass is 35.5. The number of fused-ring (bicyclic) bond motifs is 1. The van der Waals surface area contributed by atoms with E-state index in [1.165, 1.54) is 17.4 Å². The summed E-state index contributed by atoms with van der Waals surface area (Å²) in [6.07, 6.45) is 9.44. The van der Waals surface area contributed by atoms with Crippen molar-refractivity contribution in [2.24, 2.45) is 22.4 Å². The molecule has 1 saturated carbocycles. The Hall–Kier alpha value is -3.79. The van der Waals surface area contributed by atoms with Gasteiger partial charge < -0.3 is 21.8 Å². The van der Waals surface area contributed by atoms with E-state index in [1.54, 1.807) is 25.3 Å². The first kappa shape index (κ1) is 31.6. The molecule has 1 aliphatic carbocycles. The van der Waals surface area contributed by atoms with Crippen LogP contribution in [0.3, 0.4) is 0 Å². The molecular weight excluding hydrogens is 577 g/mol. The van der Waals surface area contributed by atoms with E-state index in [1.807, 2.05) is 36.4 Å². The largest absolute Gasteiger partial charge is 0.388 e.